The lowest BCUT2D eigenvalue weighted by atomic mass is 9.73. The SMILES string of the molecule is O=C1C([C@H]2CC[C@H](C(=O)Nc3cccc4cccnc34)CC2)C(=O)[C@H]2[C@H]3CC[C@H](C3)[C@@H]12. The van der Waals surface area contributed by atoms with E-state index in [0.29, 0.717) is 11.8 Å². The van der Waals surface area contributed by atoms with E-state index < -0.39 is 0 Å². The highest BCUT2D eigenvalue weighted by atomic mass is 16.2. The summed E-state index contributed by atoms with van der Waals surface area (Å²) in [5.41, 5.74) is 1.55. The molecule has 1 heterocycles. The van der Waals surface area contributed by atoms with Gasteiger partial charge in [-0.1, -0.05) is 18.2 Å². The second-order valence-electron chi connectivity index (χ2n) is 10.1. The molecule has 5 nitrogen and oxygen atoms in total. The summed E-state index contributed by atoms with van der Waals surface area (Å²) in [6, 6.07) is 9.68. The number of fused-ring (bicyclic) bond motifs is 6. The van der Waals surface area contributed by atoms with Crippen LogP contribution >= 0.6 is 0 Å². The fourth-order valence-electron chi connectivity index (χ4n) is 7.28. The summed E-state index contributed by atoms with van der Waals surface area (Å²) in [7, 11) is 0. The lowest BCUT2D eigenvalue weighted by Crippen LogP contribution is -2.34. The first-order chi connectivity index (χ1) is 15.1. The van der Waals surface area contributed by atoms with Crippen molar-refractivity contribution in [2.24, 2.45) is 41.4 Å². The van der Waals surface area contributed by atoms with E-state index in [1.807, 2.05) is 30.3 Å². The van der Waals surface area contributed by atoms with E-state index in [0.717, 1.165) is 61.5 Å². The Morgan fingerprint density at radius 3 is 2.19 bits per heavy atom. The van der Waals surface area contributed by atoms with Crippen molar-refractivity contribution in [3.05, 3.63) is 36.5 Å². The van der Waals surface area contributed by atoms with Gasteiger partial charge in [0.25, 0.3) is 0 Å². The topological polar surface area (TPSA) is 76.1 Å². The third kappa shape index (κ3) is 2.96. The van der Waals surface area contributed by atoms with Gasteiger partial charge in [-0.3, -0.25) is 19.4 Å². The van der Waals surface area contributed by atoms with E-state index in [2.05, 4.69) is 10.3 Å². The van der Waals surface area contributed by atoms with Crippen LogP contribution in [0.5, 0.6) is 0 Å². The summed E-state index contributed by atoms with van der Waals surface area (Å²) < 4.78 is 0. The van der Waals surface area contributed by atoms with Crippen LogP contribution in [0.25, 0.3) is 10.9 Å². The number of nitrogens with zero attached hydrogens (tertiary/aromatic N) is 1. The number of carbonyl (C=O) groups excluding carboxylic acids is 3. The molecule has 0 radical (unpaired) electrons. The zero-order chi connectivity index (χ0) is 21.1. The lowest BCUT2D eigenvalue weighted by Gasteiger charge is -2.31. The summed E-state index contributed by atoms with van der Waals surface area (Å²) >= 11 is 0. The van der Waals surface area contributed by atoms with Crippen molar-refractivity contribution in [3.63, 3.8) is 0 Å². The summed E-state index contributed by atoms with van der Waals surface area (Å²) in [4.78, 5) is 43.7. The molecule has 1 aromatic carbocycles. The number of ketones is 2. The van der Waals surface area contributed by atoms with Crippen LogP contribution in [0.15, 0.2) is 36.5 Å². The number of hydrogen-bond donors (Lipinski definition) is 1. The monoisotopic (exact) mass is 416 g/mol. The number of carbonyl (C=O) groups is 3. The Kier molecular flexibility index (Phi) is 4.48. The predicted octanol–water partition coefficient (Wildman–Crippen LogP) is 4.41. The number of anilines is 1. The van der Waals surface area contributed by atoms with Gasteiger partial charge in [-0.15, -0.1) is 0 Å². The molecule has 1 amide bonds. The van der Waals surface area contributed by atoms with Gasteiger partial charge < -0.3 is 5.32 Å². The Labute approximate surface area is 182 Å². The lowest BCUT2D eigenvalue weighted by molar-refractivity contribution is -0.132. The molecule has 2 bridgehead atoms. The quantitative estimate of drug-likeness (QED) is 0.752. The van der Waals surface area contributed by atoms with Crippen molar-refractivity contribution >= 4 is 34.1 Å². The third-order valence-corrected chi connectivity index (χ3v) is 8.69. The molecule has 0 saturated heterocycles. The minimum absolute atomic E-state index is 0.0237. The Bertz CT molecular complexity index is 1040. The van der Waals surface area contributed by atoms with Crippen molar-refractivity contribution < 1.29 is 14.4 Å². The minimum atomic E-state index is -0.385. The molecule has 5 atom stereocenters. The van der Waals surface area contributed by atoms with Gasteiger partial charge in [0.15, 0.2) is 0 Å². The molecule has 4 aliphatic rings. The van der Waals surface area contributed by atoms with E-state index >= 15 is 0 Å². The predicted molar refractivity (Wildman–Crippen MR) is 117 cm³/mol. The molecule has 31 heavy (non-hydrogen) atoms. The minimum Gasteiger partial charge on any atom is -0.324 e. The molecule has 4 fully saturated rings. The van der Waals surface area contributed by atoms with Crippen molar-refractivity contribution in [1.82, 2.24) is 4.98 Å². The molecule has 160 valence electrons. The fraction of sp³-hybridized carbons (Fsp3) is 0.538. The second-order valence-corrected chi connectivity index (χ2v) is 10.1. The smallest absolute Gasteiger partial charge is 0.227 e. The van der Waals surface area contributed by atoms with E-state index in [-0.39, 0.29) is 47.1 Å². The maximum Gasteiger partial charge on any atom is 0.227 e. The summed E-state index contributed by atoms with van der Waals surface area (Å²) in [6.45, 7) is 0. The number of pyridine rings is 1. The van der Waals surface area contributed by atoms with Crippen molar-refractivity contribution in [1.29, 1.82) is 0 Å². The van der Waals surface area contributed by atoms with E-state index in [1.165, 1.54) is 0 Å². The average Bonchev–Trinajstić information content (AvgIpc) is 3.48. The van der Waals surface area contributed by atoms with Gasteiger partial charge >= 0.3 is 0 Å². The molecule has 4 aliphatic carbocycles. The van der Waals surface area contributed by atoms with Crippen LogP contribution in [0.2, 0.25) is 0 Å². The van der Waals surface area contributed by atoms with Crippen molar-refractivity contribution in [2.45, 2.75) is 44.9 Å². The van der Waals surface area contributed by atoms with Crippen LogP contribution < -0.4 is 5.32 Å². The van der Waals surface area contributed by atoms with Crippen LogP contribution in [0.4, 0.5) is 5.69 Å². The highest BCUT2D eigenvalue weighted by Crippen LogP contribution is 2.59. The molecule has 4 saturated carbocycles. The number of rotatable bonds is 3. The molecule has 6 rings (SSSR count). The number of hydrogen-bond acceptors (Lipinski definition) is 4. The second kappa shape index (κ2) is 7.25. The van der Waals surface area contributed by atoms with Gasteiger partial charge in [0.1, 0.15) is 11.6 Å². The molecule has 5 heteroatoms. The number of nitrogens with one attached hydrogen (secondary N) is 1. The van der Waals surface area contributed by atoms with Crippen LogP contribution in [0.3, 0.4) is 0 Å². The summed E-state index contributed by atoms with van der Waals surface area (Å²) in [5.74, 6) is 1.17. The molecule has 1 aromatic heterocycles. The molecular weight excluding hydrogens is 388 g/mol. The van der Waals surface area contributed by atoms with Gasteiger partial charge in [-0.05, 0) is 74.8 Å². The van der Waals surface area contributed by atoms with Crippen molar-refractivity contribution in [3.8, 4) is 0 Å². The maximum atomic E-state index is 13.2. The first-order valence-electron chi connectivity index (χ1n) is 11.8. The van der Waals surface area contributed by atoms with E-state index in [9.17, 15) is 14.4 Å². The van der Waals surface area contributed by atoms with Crippen LogP contribution in [0, 0.1) is 41.4 Å². The molecule has 0 spiro atoms. The zero-order valence-corrected chi connectivity index (χ0v) is 17.6. The van der Waals surface area contributed by atoms with Crippen LogP contribution in [-0.2, 0) is 14.4 Å². The van der Waals surface area contributed by atoms with E-state index in [1.54, 1.807) is 6.20 Å². The number of amides is 1. The van der Waals surface area contributed by atoms with Gasteiger partial charge in [-0.25, -0.2) is 0 Å². The van der Waals surface area contributed by atoms with Gasteiger partial charge in [0.2, 0.25) is 5.91 Å². The Morgan fingerprint density at radius 2 is 1.48 bits per heavy atom. The van der Waals surface area contributed by atoms with Gasteiger partial charge in [-0.2, -0.15) is 0 Å². The number of benzene rings is 1. The largest absolute Gasteiger partial charge is 0.324 e. The van der Waals surface area contributed by atoms with E-state index in [4.69, 9.17) is 0 Å². The van der Waals surface area contributed by atoms with Gasteiger partial charge in [0.05, 0.1) is 17.1 Å². The molecular formula is C26H28N2O3. The third-order valence-electron chi connectivity index (χ3n) is 8.69. The Morgan fingerprint density at radius 1 is 0.839 bits per heavy atom. The van der Waals surface area contributed by atoms with Crippen molar-refractivity contribution in [2.75, 3.05) is 5.32 Å². The summed E-state index contributed by atoms with van der Waals surface area (Å²) in [6.07, 6.45) is 8.17. The molecule has 0 aliphatic heterocycles. The molecule has 2 aromatic rings. The number of para-hydroxylation sites is 1. The Balaban J connectivity index is 1.12. The first kappa shape index (κ1) is 19.1. The molecule has 1 N–H and O–H groups in total. The maximum absolute atomic E-state index is 13.2. The standard InChI is InChI=1S/C26H28N2O3/c29-24-20-17-10-11-18(13-17)21(20)25(30)22(24)14-6-8-16(9-7-14)26(31)28-19-5-1-3-15-4-2-12-27-23(15)19/h1-5,12,14,16-18,20-22H,6-11,13H2,(H,28,31)/t14-,16-,17-,18+,20-,21+,22?. The first-order valence-corrected chi connectivity index (χ1v) is 11.8. The summed E-state index contributed by atoms with van der Waals surface area (Å²) in [5, 5.41) is 4.08. The highest BCUT2D eigenvalue weighted by Gasteiger charge is 2.62. The fourth-order valence-corrected chi connectivity index (χ4v) is 7.28. The average molecular weight is 417 g/mol. The van der Waals surface area contributed by atoms with Crippen LogP contribution in [-0.4, -0.2) is 22.5 Å². The highest BCUT2D eigenvalue weighted by molar-refractivity contribution is 6.12. The zero-order valence-electron chi connectivity index (χ0n) is 17.6. The normalized spacial score (nSPS) is 36.7. The van der Waals surface area contributed by atoms with Crippen LogP contribution in [0.1, 0.15) is 44.9 Å². The Hall–Kier alpha value is -2.56. The van der Waals surface area contributed by atoms with Gasteiger partial charge in [0, 0.05) is 29.3 Å². The molecule has 1 unspecified atom stereocenters. The number of Topliss-reactive ketones (excluding diaryl/α,β-unsaturated/α-hetero) is 2. The number of aromatic nitrogens is 1.